The number of hydrogen-bond donors (Lipinski definition) is 1. The van der Waals surface area contributed by atoms with Crippen molar-refractivity contribution in [3.05, 3.63) is 53.0 Å². The summed E-state index contributed by atoms with van der Waals surface area (Å²) in [7, 11) is 0. The lowest BCUT2D eigenvalue weighted by atomic mass is 10.1. The highest BCUT2D eigenvalue weighted by Gasteiger charge is 2.34. The van der Waals surface area contributed by atoms with Gasteiger partial charge in [-0.1, -0.05) is 28.1 Å². The molecular formula is C21H22BrN3O4. The van der Waals surface area contributed by atoms with Gasteiger partial charge >= 0.3 is 0 Å². The number of rotatable bonds is 4. The highest BCUT2D eigenvalue weighted by atomic mass is 79.9. The molecule has 0 spiro atoms. The maximum atomic E-state index is 12.9. The first-order valence-corrected chi connectivity index (χ1v) is 10.3. The largest absolute Gasteiger partial charge is 0.477 e. The van der Waals surface area contributed by atoms with E-state index in [1.54, 1.807) is 4.90 Å². The topological polar surface area (TPSA) is 71.1 Å². The Morgan fingerprint density at radius 3 is 2.55 bits per heavy atom. The lowest BCUT2D eigenvalue weighted by molar-refractivity contribution is -0.142. The van der Waals surface area contributed by atoms with Crippen LogP contribution in [0.5, 0.6) is 5.75 Å². The normalized spacial score (nSPS) is 18.6. The molecule has 2 aliphatic heterocycles. The number of hydrogen-bond acceptors (Lipinski definition) is 5. The molecule has 2 aromatic rings. The number of morpholine rings is 1. The van der Waals surface area contributed by atoms with Crippen LogP contribution in [-0.4, -0.2) is 62.2 Å². The molecule has 0 aromatic heterocycles. The van der Waals surface area contributed by atoms with Gasteiger partial charge in [0.25, 0.3) is 5.91 Å². The van der Waals surface area contributed by atoms with Crippen LogP contribution >= 0.6 is 15.9 Å². The number of fused-ring (bicyclic) bond motifs is 1. The van der Waals surface area contributed by atoms with Crippen LogP contribution in [0.25, 0.3) is 0 Å². The number of nitrogens with zero attached hydrogens (tertiary/aromatic N) is 2. The molecule has 0 unspecified atom stereocenters. The molecule has 1 saturated heterocycles. The zero-order valence-corrected chi connectivity index (χ0v) is 17.4. The lowest BCUT2D eigenvalue weighted by Crippen LogP contribution is -2.53. The Hall–Kier alpha value is -2.58. The highest BCUT2D eigenvalue weighted by molar-refractivity contribution is 9.10. The van der Waals surface area contributed by atoms with Crippen LogP contribution in [0.2, 0.25) is 0 Å². The van der Waals surface area contributed by atoms with Gasteiger partial charge in [-0.15, -0.1) is 0 Å². The number of halogens is 1. The van der Waals surface area contributed by atoms with E-state index in [0.717, 1.165) is 15.8 Å². The molecule has 0 radical (unpaired) electrons. The molecule has 4 rings (SSSR count). The zero-order chi connectivity index (χ0) is 20.2. The number of ether oxygens (including phenoxy) is 2. The smallest absolute Gasteiger partial charge is 0.265 e. The molecule has 0 saturated carbocycles. The monoisotopic (exact) mass is 459 g/mol. The maximum Gasteiger partial charge on any atom is 0.265 e. The Morgan fingerprint density at radius 2 is 1.79 bits per heavy atom. The molecule has 2 aliphatic rings. The number of carbonyl (C=O) groups excluding carboxylic acids is 2. The van der Waals surface area contributed by atoms with E-state index >= 15 is 0 Å². The van der Waals surface area contributed by atoms with Crippen molar-refractivity contribution < 1.29 is 19.1 Å². The highest BCUT2D eigenvalue weighted by Crippen LogP contribution is 2.33. The van der Waals surface area contributed by atoms with Crippen molar-refractivity contribution in [1.82, 2.24) is 4.90 Å². The molecular weight excluding hydrogens is 438 g/mol. The minimum Gasteiger partial charge on any atom is -0.477 e. The van der Waals surface area contributed by atoms with Gasteiger partial charge in [0.1, 0.15) is 5.75 Å². The first-order chi connectivity index (χ1) is 14.1. The van der Waals surface area contributed by atoms with Crippen LogP contribution < -0.4 is 15.0 Å². The van der Waals surface area contributed by atoms with Crippen molar-refractivity contribution in [2.24, 2.45) is 0 Å². The molecule has 152 valence electrons. The third-order valence-electron chi connectivity index (χ3n) is 4.92. The van der Waals surface area contributed by atoms with Gasteiger partial charge in [-0.25, -0.2) is 0 Å². The predicted molar refractivity (Wildman–Crippen MR) is 113 cm³/mol. The fourth-order valence-corrected chi connectivity index (χ4v) is 3.74. The Kier molecular flexibility index (Phi) is 6.01. The average molecular weight is 460 g/mol. The molecule has 8 heteroatoms. The molecule has 2 aromatic carbocycles. The van der Waals surface area contributed by atoms with Gasteiger partial charge in [0.05, 0.1) is 32.0 Å². The molecule has 0 bridgehead atoms. The van der Waals surface area contributed by atoms with Crippen LogP contribution in [0, 0.1) is 0 Å². The molecule has 1 N–H and O–H groups in total. The van der Waals surface area contributed by atoms with E-state index in [1.165, 1.54) is 0 Å². The maximum absolute atomic E-state index is 12.9. The van der Waals surface area contributed by atoms with Crippen molar-refractivity contribution >= 4 is 39.1 Å². The van der Waals surface area contributed by atoms with Crippen molar-refractivity contribution in [3.63, 3.8) is 0 Å². The van der Waals surface area contributed by atoms with Gasteiger partial charge in [-0.3, -0.25) is 9.59 Å². The Bertz CT molecular complexity index is 884. The summed E-state index contributed by atoms with van der Waals surface area (Å²) >= 11 is 3.38. The third kappa shape index (κ3) is 4.71. The quantitative estimate of drug-likeness (QED) is 0.760. The van der Waals surface area contributed by atoms with Gasteiger partial charge in [-0.05, 0) is 36.4 Å². The minimum absolute atomic E-state index is 0.0684. The molecule has 0 aliphatic carbocycles. The van der Waals surface area contributed by atoms with E-state index in [0.29, 0.717) is 38.6 Å². The zero-order valence-electron chi connectivity index (χ0n) is 15.8. The number of para-hydroxylation sites is 2. The van der Waals surface area contributed by atoms with Crippen molar-refractivity contribution in [1.29, 1.82) is 0 Å². The molecule has 2 amide bonds. The fourth-order valence-electron chi connectivity index (χ4n) is 3.48. The van der Waals surface area contributed by atoms with Gasteiger partial charge in [0.2, 0.25) is 5.91 Å². The second-order valence-electron chi connectivity index (χ2n) is 6.95. The van der Waals surface area contributed by atoms with Crippen molar-refractivity contribution in [2.75, 3.05) is 49.6 Å². The van der Waals surface area contributed by atoms with Crippen LogP contribution in [0.3, 0.4) is 0 Å². The van der Waals surface area contributed by atoms with Crippen molar-refractivity contribution in [3.8, 4) is 5.75 Å². The number of amides is 2. The Balaban J connectivity index is 1.48. The van der Waals surface area contributed by atoms with Crippen molar-refractivity contribution in [2.45, 2.75) is 6.10 Å². The van der Waals surface area contributed by atoms with E-state index in [4.69, 9.17) is 9.47 Å². The molecule has 7 nitrogen and oxygen atoms in total. The molecule has 29 heavy (non-hydrogen) atoms. The molecule has 1 atom stereocenters. The SMILES string of the molecule is O=C(CN1C[C@@H](C(=O)N2CCOCC2)Oc2ccccc21)Nc1ccc(Br)cc1. The van der Waals surface area contributed by atoms with Crippen LogP contribution in [0.4, 0.5) is 11.4 Å². The number of anilines is 2. The summed E-state index contributed by atoms with van der Waals surface area (Å²) in [4.78, 5) is 29.2. The third-order valence-corrected chi connectivity index (χ3v) is 5.45. The second kappa shape index (κ2) is 8.84. The van der Waals surface area contributed by atoms with Crippen LogP contribution in [0.15, 0.2) is 53.0 Å². The first kappa shape index (κ1) is 19.7. The summed E-state index contributed by atoms with van der Waals surface area (Å²) in [6, 6.07) is 14.9. The van der Waals surface area contributed by atoms with Gasteiger partial charge in [0, 0.05) is 23.2 Å². The van der Waals surface area contributed by atoms with E-state index in [1.807, 2.05) is 53.4 Å². The summed E-state index contributed by atoms with van der Waals surface area (Å²) in [5.74, 6) is 0.393. The average Bonchev–Trinajstić information content (AvgIpc) is 2.75. The summed E-state index contributed by atoms with van der Waals surface area (Å²) in [6.45, 7) is 2.64. The predicted octanol–water partition coefficient (Wildman–Crippen LogP) is 2.51. The summed E-state index contributed by atoms with van der Waals surface area (Å²) in [5, 5.41) is 2.90. The Labute approximate surface area is 177 Å². The van der Waals surface area contributed by atoms with Crippen LogP contribution in [0.1, 0.15) is 0 Å². The summed E-state index contributed by atoms with van der Waals surface area (Å²) < 4.78 is 12.3. The number of benzene rings is 2. The number of nitrogens with one attached hydrogen (secondary N) is 1. The van der Waals surface area contributed by atoms with Gasteiger partial charge < -0.3 is 24.6 Å². The van der Waals surface area contributed by atoms with E-state index in [-0.39, 0.29) is 18.4 Å². The minimum atomic E-state index is -0.650. The van der Waals surface area contributed by atoms with E-state index < -0.39 is 6.10 Å². The fraction of sp³-hybridized carbons (Fsp3) is 0.333. The first-order valence-electron chi connectivity index (χ1n) is 9.53. The van der Waals surface area contributed by atoms with Crippen LogP contribution in [-0.2, 0) is 14.3 Å². The van der Waals surface area contributed by atoms with E-state index in [9.17, 15) is 9.59 Å². The summed E-state index contributed by atoms with van der Waals surface area (Å²) in [6.07, 6.45) is -0.650. The molecule has 1 fully saturated rings. The molecule has 2 heterocycles. The van der Waals surface area contributed by atoms with Gasteiger partial charge in [-0.2, -0.15) is 0 Å². The van der Waals surface area contributed by atoms with E-state index in [2.05, 4.69) is 21.2 Å². The van der Waals surface area contributed by atoms with Gasteiger partial charge in [0.15, 0.2) is 6.10 Å². The Morgan fingerprint density at radius 1 is 1.07 bits per heavy atom. The summed E-state index contributed by atoms with van der Waals surface area (Å²) in [5.41, 5.74) is 1.53. The number of carbonyl (C=O) groups is 2. The lowest BCUT2D eigenvalue weighted by Gasteiger charge is -2.38. The standard InChI is InChI=1S/C21H22BrN3O4/c22-15-5-7-16(8-6-15)23-20(26)14-25-13-19(21(27)24-9-11-28-12-10-24)29-18-4-2-1-3-17(18)25/h1-8,19H,9-14H2,(H,23,26)/t19-/m0/s1. The second-order valence-corrected chi connectivity index (χ2v) is 7.86.